The van der Waals surface area contributed by atoms with Crippen LogP contribution in [0.3, 0.4) is 0 Å². The highest BCUT2D eigenvalue weighted by Gasteiger charge is 2.24. The number of amides is 1. The number of carbonyl (C=O) groups is 1. The minimum Gasteiger partial charge on any atom is -0.330 e. The summed E-state index contributed by atoms with van der Waals surface area (Å²) in [5.41, 5.74) is 1.74. The van der Waals surface area contributed by atoms with Gasteiger partial charge in [0.1, 0.15) is 13.1 Å². The Morgan fingerprint density at radius 2 is 1.81 bits per heavy atom. The molecule has 27 heavy (non-hydrogen) atoms. The molecular formula is C20H22N5O2+. The molecule has 0 bridgehead atoms. The summed E-state index contributed by atoms with van der Waals surface area (Å²) in [6.07, 6.45) is 5.08. The average molecular weight is 364 g/mol. The number of fused-ring (bicyclic) bond motifs is 1. The molecule has 138 valence electrons. The van der Waals surface area contributed by atoms with E-state index in [-0.39, 0.29) is 18.0 Å². The third-order valence-electron chi connectivity index (χ3n) is 5.06. The number of aromatic nitrogens is 3. The lowest BCUT2D eigenvalue weighted by atomic mass is 10.2. The predicted molar refractivity (Wildman–Crippen MR) is 101 cm³/mol. The summed E-state index contributed by atoms with van der Waals surface area (Å²) in [5, 5.41) is 0.541. The number of quaternary nitrogens is 1. The Morgan fingerprint density at radius 1 is 1.07 bits per heavy atom. The van der Waals surface area contributed by atoms with Gasteiger partial charge in [-0.1, -0.05) is 12.1 Å². The Morgan fingerprint density at radius 3 is 2.59 bits per heavy atom. The largest absolute Gasteiger partial charge is 0.330 e. The second-order valence-corrected chi connectivity index (χ2v) is 6.86. The Hall–Kier alpha value is -3.06. The molecule has 1 N–H and O–H groups in total. The van der Waals surface area contributed by atoms with Gasteiger partial charge in [0.15, 0.2) is 0 Å². The maximum absolute atomic E-state index is 12.6. The van der Waals surface area contributed by atoms with Gasteiger partial charge in [-0.3, -0.25) is 19.1 Å². The smallest absolute Gasteiger partial charge is 0.261 e. The molecule has 0 saturated carbocycles. The molecule has 1 aliphatic heterocycles. The summed E-state index contributed by atoms with van der Waals surface area (Å²) in [4.78, 5) is 36.8. The SMILES string of the molecule is O=C(Cn1cnc2ccccc2c1=O)N1CC[NH+](Cc2ccncc2)CC1. The third-order valence-corrected chi connectivity index (χ3v) is 5.06. The van der Waals surface area contributed by atoms with E-state index >= 15 is 0 Å². The summed E-state index contributed by atoms with van der Waals surface area (Å²) in [6.45, 7) is 4.19. The van der Waals surface area contributed by atoms with Crippen LogP contribution < -0.4 is 10.5 Å². The van der Waals surface area contributed by atoms with Crippen molar-refractivity contribution >= 4 is 16.8 Å². The van der Waals surface area contributed by atoms with Crippen molar-refractivity contribution in [2.45, 2.75) is 13.1 Å². The lowest BCUT2D eigenvalue weighted by Crippen LogP contribution is -3.13. The number of benzene rings is 1. The zero-order chi connectivity index (χ0) is 18.6. The highest BCUT2D eigenvalue weighted by molar-refractivity contribution is 5.79. The van der Waals surface area contributed by atoms with E-state index in [1.54, 1.807) is 12.1 Å². The van der Waals surface area contributed by atoms with Gasteiger partial charge in [-0.25, -0.2) is 4.98 Å². The van der Waals surface area contributed by atoms with Gasteiger partial charge in [0.2, 0.25) is 5.91 Å². The van der Waals surface area contributed by atoms with Crippen LogP contribution >= 0.6 is 0 Å². The maximum Gasteiger partial charge on any atom is 0.261 e. The second-order valence-electron chi connectivity index (χ2n) is 6.86. The first-order valence-corrected chi connectivity index (χ1v) is 9.15. The van der Waals surface area contributed by atoms with Crippen molar-refractivity contribution in [1.82, 2.24) is 19.4 Å². The molecule has 3 aromatic rings. The van der Waals surface area contributed by atoms with Gasteiger partial charge in [0.25, 0.3) is 5.56 Å². The number of piperazine rings is 1. The van der Waals surface area contributed by atoms with Crippen molar-refractivity contribution in [3.05, 3.63) is 71.0 Å². The van der Waals surface area contributed by atoms with Crippen LogP contribution in [0.15, 0.2) is 59.9 Å². The lowest BCUT2D eigenvalue weighted by Gasteiger charge is -2.32. The van der Waals surface area contributed by atoms with Crippen molar-refractivity contribution < 1.29 is 9.69 Å². The first kappa shape index (κ1) is 17.4. The van der Waals surface area contributed by atoms with Gasteiger partial charge >= 0.3 is 0 Å². The molecular weight excluding hydrogens is 342 g/mol. The second kappa shape index (κ2) is 7.67. The van der Waals surface area contributed by atoms with Gasteiger partial charge in [-0.2, -0.15) is 0 Å². The van der Waals surface area contributed by atoms with Gasteiger partial charge < -0.3 is 9.80 Å². The van der Waals surface area contributed by atoms with Gasteiger partial charge in [-0.15, -0.1) is 0 Å². The highest BCUT2D eigenvalue weighted by atomic mass is 16.2. The summed E-state index contributed by atoms with van der Waals surface area (Å²) in [5.74, 6) is -0.0304. The molecule has 1 aliphatic rings. The lowest BCUT2D eigenvalue weighted by molar-refractivity contribution is -0.917. The van der Waals surface area contributed by atoms with E-state index < -0.39 is 0 Å². The van der Waals surface area contributed by atoms with Crippen molar-refractivity contribution in [1.29, 1.82) is 0 Å². The van der Waals surface area contributed by atoms with Crippen LogP contribution in [0.5, 0.6) is 0 Å². The fraction of sp³-hybridized carbons (Fsp3) is 0.300. The van der Waals surface area contributed by atoms with E-state index in [0.29, 0.717) is 24.0 Å². The minimum absolute atomic E-state index is 0.0304. The van der Waals surface area contributed by atoms with Crippen LogP contribution in [0.25, 0.3) is 10.9 Å². The van der Waals surface area contributed by atoms with Crippen molar-refractivity contribution in [2.24, 2.45) is 0 Å². The van der Waals surface area contributed by atoms with E-state index in [9.17, 15) is 9.59 Å². The number of pyridine rings is 1. The molecule has 0 radical (unpaired) electrons. The Balaban J connectivity index is 1.37. The Kier molecular flexibility index (Phi) is 4.93. The molecule has 1 fully saturated rings. The van der Waals surface area contributed by atoms with Crippen molar-refractivity contribution in [3.63, 3.8) is 0 Å². The van der Waals surface area contributed by atoms with Crippen LogP contribution in [-0.2, 0) is 17.9 Å². The van der Waals surface area contributed by atoms with Crippen LogP contribution in [-0.4, -0.2) is 51.5 Å². The molecule has 0 atom stereocenters. The van der Waals surface area contributed by atoms with E-state index in [2.05, 4.69) is 9.97 Å². The maximum atomic E-state index is 12.6. The molecule has 3 heterocycles. The number of hydrogen-bond acceptors (Lipinski definition) is 4. The molecule has 0 aliphatic carbocycles. The fourth-order valence-corrected chi connectivity index (χ4v) is 3.50. The number of hydrogen-bond donors (Lipinski definition) is 1. The summed E-state index contributed by atoms with van der Waals surface area (Å²) in [7, 11) is 0. The molecule has 7 nitrogen and oxygen atoms in total. The highest BCUT2D eigenvalue weighted by Crippen LogP contribution is 2.05. The molecule has 1 aromatic carbocycles. The molecule has 1 amide bonds. The fourth-order valence-electron chi connectivity index (χ4n) is 3.50. The number of para-hydroxylation sites is 1. The normalized spacial score (nSPS) is 15.2. The number of carbonyl (C=O) groups excluding carboxylic acids is 1. The van der Waals surface area contributed by atoms with Crippen molar-refractivity contribution in [2.75, 3.05) is 26.2 Å². The molecule has 4 rings (SSSR count). The Labute approximate surface area is 156 Å². The topological polar surface area (TPSA) is 72.5 Å². The van der Waals surface area contributed by atoms with E-state index in [4.69, 9.17) is 0 Å². The van der Waals surface area contributed by atoms with E-state index in [1.807, 2.05) is 41.6 Å². The molecule has 1 saturated heterocycles. The van der Waals surface area contributed by atoms with E-state index in [0.717, 1.165) is 19.6 Å². The van der Waals surface area contributed by atoms with Crippen LogP contribution in [0.2, 0.25) is 0 Å². The van der Waals surface area contributed by atoms with Gasteiger partial charge in [0.05, 0.1) is 43.4 Å². The molecule has 2 aromatic heterocycles. The molecule has 0 unspecified atom stereocenters. The summed E-state index contributed by atoms with van der Waals surface area (Å²) in [6, 6.07) is 11.3. The van der Waals surface area contributed by atoms with Crippen molar-refractivity contribution in [3.8, 4) is 0 Å². The van der Waals surface area contributed by atoms with Crippen LogP contribution in [0.4, 0.5) is 0 Å². The average Bonchev–Trinajstić information content (AvgIpc) is 2.71. The Bertz CT molecular complexity index is 994. The quantitative estimate of drug-likeness (QED) is 0.691. The minimum atomic E-state index is -0.170. The summed E-state index contributed by atoms with van der Waals surface area (Å²) >= 11 is 0. The number of rotatable bonds is 4. The standard InChI is InChI=1S/C20H21N5O2/c26-19(14-25-15-22-18-4-2-1-3-17(18)20(25)27)24-11-9-23(10-12-24)13-16-5-7-21-8-6-16/h1-8,15H,9-14H2/p+1. The number of nitrogens with zero attached hydrogens (tertiary/aromatic N) is 4. The third kappa shape index (κ3) is 3.88. The molecule has 7 heteroatoms. The van der Waals surface area contributed by atoms with Crippen LogP contribution in [0, 0.1) is 0 Å². The zero-order valence-corrected chi connectivity index (χ0v) is 15.0. The first-order valence-electron chi connectivity index (χ1n) is 9.15. The zero-order valence-electron chi connectivity index (χ0n) is 15.0. The first-order chi connectivity index (χ1) is 13.2. The predicted octanol–water partition coefficient (Wildman–Crippen LogP) is -0.281. The van der Waals surface area contributed by atoms with Gasteiger partial charge in [-0.05, 0) is 24.3 Å². The summed E-state index contributed by atoms with van der Waals surface area (Å²) < 4.78 is 1.40. The van der Waals surface area contributed by atoms with Crippen LogP contribution in [0.1, 0.15) is 5.56 Å². The molecule has 0 spiro atoms. The van der Waals surface area contributed by atoms with E-state index in [1.165, 1.54) is 21.4 Å². The monoisotopic (exact) mass is 364 g/mol. The van der Waals surface area contributed by atoms with Gasteiger partial charge in [0, 0.05) is 18.0 Å². The number of nitrogens with one attached hydrogen (secondary N) is 1.